The lowest BCUT2D eigenvalue weighted by atomic mass is 9.82. The number of hydrogen-bond donors (Lipinski definition) is 3. The second-order valence-electron chi connectivity index (χ2n) is 9.61. The lowest BCUT2D eigenvalue weighted by molar-refractivity contribution is 0.0186. The van der Waals surface area contributed by atoms with E-state index in [9.17, 15) is 14.7 Å². The Labute approximate surface area is 212 Å². The van der Waals surface area contributed by atoms with Crippen LogP contribution in [-0.2, 0) is 0 Å². The van der Waals surface area contributed by atoms with Crippen LogP contribution in [0.15, 0.2) is 43.2 Å². The molecule has 5 heterocycles. The van der Waals surface area contributed by atoms with Crippen LogP contribution in [-0.4, -0.2) is 57.3 Å². The van der Waals surface area contributed by atoms with E-state index in [1.54, 1.807) is 17.3 Å². The van der Waals surface area contributed by atoms with E-state index in [4.69, 9.17) is 0 Å². The predicted octanol–water partition coefficient (Wildman–Crippen LogP) is 4.34. The molecule has 0 spiro atoms. The number of hydrogen-bond acceptors (Lipinski definition) is 7. The van der Waals surface area contributed by atoms with Gasteiger partial charge >= 0.3 is 6.03 Å². The van der Waals surface area contributed by atoms with Crippen LogP contribution in [0.25, 0.3) is 10.2 Å². The van der Waals surface area contributed by atoms with Gasteiger partial charge in [0.2, 0.25) is 0 Å². The average Bonchev–Trinajstić information content (AvgIpc) is 3.22. The van der Waals surface area contributed by atoms with Crippen LogP contribution in [0, 0.1) is 0 Å². The summed E-state index contributed by atoms with van der Waals surface area (Å²) in [6, 6.07) is 5.23. The Morgan fingerprint density at radius 3 is 2.86 bits per heavy atom. The fraction of sp³-hybridized carbons (Fsp3) is 0.385. The van der Waals surface area contributed by atoms with Gasteiger partial charge in [-0.15, -0.1) is 11.3 Å². The van der Waals surface area contributed by atoms with E-state index in [1.165, 1.54) is 23.8 Å². The van der Waals surface area contributed by atoms with Crippen molar-refractivity contribution in [2.24, 2.45) is 0 Å². The number of aliphatic hydroxyl groups is 1. The number of anilines is 3. The smallest absolute Gasteiger partial charge is 0.331 e. The first kappa shape index (κ1) is 23.1. The second-order valence-corrected chi connectivity index (χ2v) is 10.6. The molecule has 2 aliphatic heterocycles. The number of nitrogens with one attached hydrogen (secondary N) is 2. The molecule has 186 valence electrons. The molecule has 6 rings (SSSR count). The van der Waals surface area contributed by atoms with E-state index in [1.807, 2.05) is 23.1 Å². The molecule has 36 heavy (non-hydrogen) atoms. The lowest BCUT2D eigenvalue weighted by Gasteiger charge is -2.35. The number of carbonyl (C=O) groups is 2. The summed E-state index contributed by atoms with van der Waals surface area (Å²) in [5.74, 6) is 0.203. The molecule has 3 aromatic heterocycles. The number of pyridine rings is 2. The highest BCUT2D eigenvalue weighted by molar-refractivity contribution is 7.21. The van der Waals surface area contributed by atoms with Gasteiger partial charge in [-0.3, -0.25) is 19.6 Å². The third-order valence-corrected chi connectivity index (χ3v) is 8.47. The maximum atomic E-state index is 13.4. The van der Waals surface area contributed by atoms with Crippen LogP contribution in [0.2, 0.25) is 0 Å². The van der Waals surface area contributed by atoms with Gasteiger partial charge in [0.25, 0.3) is 5.91 Å². The highest BCUT2D eigenvalue weighted by atomic mass is 32.1. The van der Waals surface area contributed by atoms with E-state index in [0.29, 0.717) is 33.5 Å². The summed E-state index contributed by atoms with van der Waals surface area (Å²) in [6.07, 6.45) is 9.34. The third-order valence-electron chi connectivity index (χ3n) is 7.37. The van der Waals surface area contributed by atoms with Crippen LogP contribution >= 0.6 is 11.3 Å². The molecule has 1 saturated heterocycles. The van der Waals surface area contributed by atoms with Gasteiger partial charge < -0.3 is 15.7 Å². The Morgan fingerprint density at radius 1 is 1.25 bits per heavy atom. The Bertz CT molecular complexity index is 1350. The standard InChI is InChI=1S/C26H28N6O3S/c1-2-20(33)31-12-4-7-16(14-31)29-24(34)23-22-21-19(9-11-28-25(21)36-23)32(26(35)30-22)17-8-10-27-18(13-17)15-5-3-6-15/h2,8-11,13,15-16,20,33H,1,3-7,12,14H2,(H,29,34)(H,30,35)/t16-,20?/m1/s1. The van der Waals surface area contributed by atoms with E-state index in [0.717, 1.165) is 49.0 Å². The number of nitrogens with zero attached hydrogens (tertiary/aromatic N) is 4. The Balaban J connectivity index is 1.31. The summed E-state index contributed by atoms with van der Waals surface area (Å²) in [5.41, 5.74) is 2.97. The van der Waals surface area contributed by atoms with E-state index in [2.05, 4.69) is 27.2 Å². The highest BCUT2D eigenvalue weighted by Gasteiger charge is 2.34. The van der Waals surface area contributed by atoms with Gasteiger partial charge in [0.1, 0.15) is 15.9 Å². The molecule has 1 saturated carbocycles. The number of urea groups is 1. The van der Waals surface area contributed by atoms with Crippen LogP contribution in [0.1, 0.15) is 53.4 Å². The van der Waals surface area contributed by atoms with Crippen LogP contribution in [0.3, 0.4) is 0 Å². The summed E-state index contributed by atoms with van der Waals surface area (Å²) in [4.78, 5) is 40.4. The van der Waals surface area contributed by atoms with Gasteiger partial charge in [-0.25, -0.2) is 9.78 Å². The molecule has 3 aliphatic rings. The number of piperidine rings is 1. The van der Waals surface area contributed by atoms with E-state index < -0.39 is 6.23 Å². The molecule has 0 aromatic carbocycles. The Hall–Kier alpha value is -3.34. The first-order chi connectivity index (χ1) is 17.5. The number of carbonyl (C=O) groups excluding carboxylic acids is 2. The number of rotatable bonds is 6. The zero-order valence-corrected chi connectivity index (χ0v) is 20.6. The molecule has 9 nitrogen and oxygen atoms in total. The largest absolute Gasteiger partial charge is 0.375 e. The average molecular weight is 505 g/mol. The van der Waals surface area contributed by atoms with Gasteiger partial charge in [0, 0.05) is 43.1 Å². The van der Waals surface area contributed by atoms with Gasteiger partial charge in [-0.2, -0.15) is 0 Å². The third kappa shape index (κ3) is 3.95. The SMILES string of the molecule is C=CC(O)N1CCC[C@@H](NC(=O)c2sc3nccc4c3c2NC(=O)N4c2ccnc(C3CCC3)c2)C1. The normalized spacial score (nSPS) is 21.1. The zero-order valence-electron chi connectivity index (χ0n) is 19.8. The topological polar surface area (TPSA) is 111 Å². The molecule has 2 fully saturated rings. The minimum Gasteiger partial charge on any atom is -0.375 e. The van der Waals surface area contributed by atoms with Gasteiger partial charge in [-0.1, -0.05) is 13.0 Å². The fourth-order valence-corrected chi connectivity index (χ4v) is 6.29. The molecule has 1 aliphatic carbocycles. The first-order valence-electron chi connectivity index (χ1n) is 12.4. The van der Waals surface area contributed by atoms with Gasteiger partial charge in [0.15, 0.2) is 0 Å². The molecule has 3 aromatic rings. The summed E-state index contributed by atoms with van der Waals surface area (Å²) in [5, 5.41) is 16.9. The van der Waals surface area contributed by atoms with Crippen molar-refractivity contribution in [3.05, 3.63) is 53.8 Å². The van der Waals surface area contributed by atoms with Crippen LogP contribution in [0.4, 0.5) is 21.9 Å². The minimum absolute atomic E-state index is 0.108. The number of aliphatic hydroxyl groups excluding tert-OH is 1. The van der Waals surface area contributed by atoms with Crippen LogP contribution in [0.5, 0.6) is 0 Å². The number of amides is 3. The van der Waals surface area contributed by atoms with E-state index >= 15 is 0 Å². The molecular formula is C26H28N6O3S. The second kappa shape index (κ2) is 9.27. The molecular weight excluding hydrogens is 476 g/mol. The van der Waals surface area contributed by atoms with Crippen molar-refractivity contribution >= 4 is 50.6 Å². The first-order valence-corrected chi connectivity index (χ1v) is 13.2. The molecule has 0 radical (unpaired) electrons. The Morgan fingerprint density at radius 2 is 2.08 bits per heavy atom. The van der Waals surface area contributed by atoms with Crippen molar-refractivity contribution in [1.82, 2.24) is 20.2 Å². The molecule has 3 N–H and O–H groups in total. The zero-order chi connectivity index (χ0) is 24.8. The van der Waals surface area contributed by atoms with Crippen molar-refractivity contribution < 1.29 is 14.7 Å². The molecule has 2 atom stereocenters. The van der Waals surface area contributed by atoms with Gasteiger partial charge in [0.05, 0.1) is 22.4 Å². The minimum atomic E-state index is -0.731. The van der Waals surface area contributed by atoms with Gasteiger partial charge in [-0.05, 0) is 50.0 Å². The number of aromatic nitrogens is 2. The van der Waals surface area contributed by atoms with E-state index in [-0.39, 0.29) is 18.0 Å². The maximum absolute atomic E-state index is 13.4. The van der Waals surface area contributed by atoms with Crippen molar-refractivity contribution in [2.45, 2.75) is 50.3 Å². The quantitative estimate of drug-likeness (QED) is 0.431. The van der Waals surface area contributed by atoms with Crippen molar-refractivity contribution in [2.75, 3.05) is 23.3 Å². The van der Waals surface area contributed by atoms with Crippen molar-refractivity contribution in [3.63, 3.8) is 0 Å². The summed E-state index contributed by atoms with van der Waals surface area (Å²) >= 11 is 1.27. The summed E-state index contributed by atoms with van der Waals surface area (Å²) < 4.78 is 0. The fourth-order valence-electron chi connectivity index (χ4n) is 5.27. The van der Waals surface area contributed by atoms with Crippen molar-refractivity contribution in [1.29, 1.82) is 0 Å². The lowest BCUT2D eigenvalue weighted by Crippen LogP contribution is -2.50. The van der Waals surface area contributed by atoms with Crippen LogP contribution < -0.4 is 15.5 Å². The number of thiophene rings is 1. The molecule has 1 unspecified atom stereocenters. The summed E-state index contributed by atoms with van der Waals surface area (Å²) in [6.45, 7) is 4.94. The predicted molar refractivity (Wildman–Crippen MR) is 140 cm³/mol. The summed E-state index contributed by atoms with van der Waals surface area (Å²) in [7, 11) is 0. The monoisotopic (exact) mass is 504 g/mol. The number of likely N-dealkylation sites (tertiary alicyclic amines) is 1. The molecule has 10 heteroatoms. The molecule has 3 amide bonds. The molecule has 0 bridgehead atoms. The Kier molecular flexibility index (Phi) is 5.94. The maximum Gasteiger partial charge on any atom is 0.331 e. The highest BCUT2D eigenvalue weighted by Crippen LogP contribution is 2.46. The van der Waals surface area contributed by atoms with Crippen molar-refractivity contribution in [3.8, 4) is 0 Å².